The lowest BCUT2D eigenvalue weighted by Gasteiger charge is -2.34. The van der Waals surface area contributed by atoms with E-state index in [-0.39, 0.29) is 74.7 Å². The van der Waals surface area contributed by atoms with E-state index in [1.54, 1.807) is 24.0 Å². The molecule has 0 aliphatic carbocycles. The van der Waals surface area contributed by atoms with Crippen molar-refractivity contribution in [1.29, 1.82) is 0 Å². The summed E-state index contributed by atoms with van der Waals surface area (Å²) in [5, 5.41) is 6.12. The molecule has 2 aromatic rings. The van der Waals surface area contributed by atoms with Crippen LogP contribution < -0.4 is 24.8 Å². The zero-order valence-electron chi connectivity index (χ0n) is 27.6. The molecule has 1 unspecified atom stereocenters. The summed E-state index contributed by atoms with van der Waals surface area (Å²) in [6.07, 6.45) is 2.54. The number of fused-ring (bicyclic) bond motifs is 4. The van der Waals surface area contributed by atoms with Gasteiger partial charge in [0.15, 0.2) is 11.5 Å². The van der Waals surface area contributed by atoms with Gasteiger partial charge in [0.1, 0.15) is 12.4 Å². The number of benzene rings is 2. The molecule has 47 heavy (non-hydrogen) atoms. The third kappa shape index (κ3) is 8.34. The van der Waals surface area contributed by atoms with E-state index in [4.69, 9.17) is 18.9 Å². The zero-order chi connectivity index (χ0) is 33.3. The van der Waals surface area contributed by atoms with Crippen molar-refractivity contribution in [3.05, 3.63) is 41.5 Å². The van der Waals surface area contributed by atoms with Crippen molar-refractivity contribution in [2.24, 2.45) is 5.92 Å². The Morgan fingerprint density at radius 3 is 2.47 bits per heavy atom. The van der Waals surface area contributed by atoms with Crippen LogP contribution in [-0.4, -0.2) is 100 Å². The van der Waals surface area contributed by atoms with E-state index in [0.29, 0.717) is 69.2 Å². The molecule has 0 spiro atoms. The van der Waals surface area contributed by atoms with E-state index in [1.807, 2.05) is 37.3 Å². The third-order valence-corrected chi connectivity index (χ3v) is 9.13. The minimum absolute atomic E-state index is 0.0438. The number of hydrogen-bond acceptors (Lipinski definition) is 8. The fourth-order valence-corrected chi connectivity index (χ4v) is 6.52. The van der Waals surface area contributed by atoms with Gasteiger partial charge in [0, 0.05) is 75.6 Å². The Morgan fingerprint density at radius 1 is 0.915 bits per heavy atom. The molecular weight excluding hydrogens is 604 g/mol. The molecule has 4 amide bonds. The van der Waals surface area contributed by atoms with Crippen LogP contribution in [0.15, 0.2) is 30.3 Å². The highest BCUT2D eigenvalue weighted by molar-refractivity contribution is 5.83. The SMILES string of the molecule is CCOCC(=O)N1CCC(C(=O)N2CCNC(=O)CCc3cc(OC)c(OC)c(c3)-c3ccc4c(c3)C(CCO4)NC(=O)CC2)CC1. The van der Waals surface area contributed by atoms with Crippen LogP contribution in [0, 0.1) is 5.92 Å². The molecule has 3 heterocycles. The van der Waals surface area contributed by atoms with Gasteiger partial charge in [0.05, 0.1) is 26.9 Å². The minimum atomic E-state index is -0.261. The first kappa shape index (κ1) is 34.0. The molecule has 3 aliphatic rings. The van der Waals surface area contributed by atoms with E-state index in [2.05, 4.69) is 10.6 Å². The second-order valence-corrected chi connectivity index (χ2v) is 12.1. The lowest BCUT2D eigenvalue weighted by Crippen LogP contribution is -2.47. The van der Waals surface area contributed by atoms with Gasteiger partial charge in [-0.25, -0.2) is 0 Å². The molecule has 254 valence electrons. The van der Waals surface area contributed by atoms with Gasteiger partial charge in [-0.05, 0) is 61.6 Å². The lowest BCUT2D eigenvalue weighted by molar-refractivity contribution is -0.143. The van der Waals surface area contributed by atoms with Gasteiger partial charge in [0.25, 0.3) is 0 Å². The number of amides is 4. The molecule has 1 atom stereocenters. The first-order valence-corrected chi connectivity index (χ1v) is 16.5. The molecule has 2 N–H and O–H groups in total. The first-order chi connectivity index (χ1) is 22.8. The smallest absolute Gasteiger partial charge is 0.248 e. The Hall–Kier alpha value is -4.32. The number of hydrogen-bond donors (Lipinski definition) is 2. The molecule has 3 aliphatic heterocycles. The van der Waals surface area contributed by atoms with Crippen LogP contribution in [0.5, 0.6) is 17.2 Å². The molecule has 0 saturated carbocycles. The summed E-state index contributed by atoms with van der Waals surface area (Å²) < 4.78 is 22.6. The normalized spacial score (nSPS) is 19.4. The van der Waals surface area contributed by atoms with Gasteiger partial charge in [-0.1, -0.05) is 6.07 Å². The number of nitrogens with one attached hydrogen (secondary N) is 2. The number of aryl methyl sites for hydroxylation is 1. The fourth-order valence-electron chi connectivity index (χ4n) is 6.52. The average Bonchev–Trinajstić information content (AvgIpc) is 3.10. The summed E-state index contributed by atoms with van der Waals surface area (Å²) in [6.45, 7) is 4.57. The maximum Gasteiger partial charge on any atom is 0.248 e. The lowest BCUT2D eigenvalue weighted by atomic mass is 9.93. The molecule has 1 fully saturated rings. The Bertz CT molecular complexity index is 1460. The van der Waals surface area contributed by atoms with E-state index in [1.165, 1.54) is 0 Å². The second-order valence-electron chi connectivity index (χ2n) is 12.1. The quantitative estimate of drug-likeness (QED) is 0.488. The average molecular weight is 651 g/mol. The first-order valence-electron chi connectivity index (χ1n) is 16.5. The number of likely N-dealkylation sites (tertiary alicyclic amines) is 1. The maximum atomic E-state index is 13.7. The van der Waals surface area contributed by atoms with Crippen molar-refractivity contribution >= 4 is 23.6 Å². The Kier molecular flexibility index (Phi) is 11.6. The number of methoxy groups -OCH3 is 2. The second kappa shape index (κ2) is 16.0. The summed E-state index contributed by atoms with van der Waals surface area (Å²) in [5.74, 6) is 1.16. The van der Waals surface area contributed by atoms with E-state index >= 15 is 0 Å². The van der Waals surface area contributed by atoms with Crippen LogP contribution >= 0.6 is 0 Å². The van der Waals surface area contributed by atoms with Crippen LogP contribution in [0.3, 0.4) is 0 Å². The number of carbonyl (C=O) groups is 4. The molecule has 12 nitrogen and oxygen atoms in total. The predicted molar refractivity (Wildman–Crippen MR) is 174 cm³/mol. The molecule has 0 radical (unpaired) electrons. The van der Waals surface area contributed by atoms with Crippen LogP contribution in [0.1, 0.15) is 56.2 Å². The Balaban J connectivity index is 1.36. The van der Waals surface area contributed by atoms with Gasteiger partial charge in [-0.15, -0.1) is 0 Å². The summed E-state index contributed by atoms with van der Waals surface area (Å²) in [6, 6.07) is 9.50. The van der Waals surface area contributed by atoms with Crippen molar-refractivity contribution in [2.45, 2.75) is 51.5 Å². The van der Waals surface area contributed by atoms with Crippen LogP contribution in [-0.2, 0) is 30.3 Å². The standard InChI is InChI=1S/C35H46N4O8/c1-4-46-22-33(42)38-14-9-24(10-15-38)35(43)39-16-11-32(41)37-28-12-18-47-29-7-6-25(21-27(28)29)26-19-23(5-8-31(40)36-13-17-39)20-30(44-2)34(26)45-3/h6-7,19-21,24,28H,4-5,8-18,22H2,1-3H3,(H,36,40)(H,37,41). The third-order valence-electron chi connectivity index (χ3n) is 9.13. The summed E-state index contributed by atoms with van der Waals surface area (Å²) in [4.78, 5) is 55.8. The monoisotopic (exact) mass is 650 g/mol. The maximum absolute atomic E-state index is 13.7. The van der Waals surface area contributed by atoms with E-state index in [0.717, 1.165) is 22.3 Å². The number of ether oxygens (including phenoxy) is 4. The summed E-state index contributed by atoms with van der Waals surface area (Å²) in [5.41, 5.74) is 3.47. The van der Waals surface area contributed by atoms with E-state index < -0.39 is 0 Å². The summed E-state index contributed by atoms with van der Waals surface area (Å²) in [7, 11) is 3.18. The van der Waals surface area contributed by atoms with Crippen molar-refractivity contribution < 1.29 is 38.1 Å². The van der Waals surface area contributed by atoms with Crippen molar-refractivity contribution in [2.75, 3.05) is 66.8 Å². The highest BCUT2D eigenvalue weighted by atomic mass is 16.5. The summed E-state index contributed by atoms with van der Waals surface area (Å²) >= 11 is 0. The van der Waals surface area contributed by atoms with Crippen LogP contribution in [0.2, 0.25) is 0 Å². The molecule has 2 aromatic carbocycles. The van der Waals surface area contributed by atoms with Gasteiger partial charge >= 0.3 is 0 Å². The van der Waals surface area contributed by atoms with Gasteiger partial charge in [-0.3, -0.25) is 19.2 Å². The number of carbonyl (C=O) groups excluding carboxylic acids is 4. The van der Waals surface area contributed by atoms with Gasteiger partial charge < -0.3 is 39.4 Å². The number of rotatable bonds is 6. The molecule has 4 bridgehead atoms. The molecular formula is C35H46N4O8. The van der Waals surface area contributed by atoms with Crippen molar-refractivity contribution in [3.8, 4) is 28.4 Å². The fraction of sp³-hybridized carbons (Fsp3) is 0.543. The van der Waals surface area contributed by atoms with Gasteiger partial charge in [-0.2, -0.15) is 0 Å². The van der Waals surface area contributed by atoms with Gasteiger partial charge in [0.2, 0.25) is 23.6 Å². The minimum Gasteiger partial charge on any atom is -0.493 e. The Morgan fingerprint density at radius 2 is 1.72 bits per heavy atom. The van der Waals surface area contributed by atoms with Crippen molar-refractivity contribution in [3.63, 3.8) is 0 Å². The van der Waals surface area contributed by atoms with Crippen LogP contribution in [0.25, 0.3) is 11.1 Å². The topological polar surface area (TPSA) is 136 Å². The number of piperidine rings is 1. The molecule has 12 heteroatoms. The Labute approximate surface area is 276 Å². The van der Waals surface area contributed by atoms with Crippen molar-refractivity contribution in [1.82, 2.24) is 20.4 Å². The van der Waals surface area contributed by atoms with E-state index in [9.17, 15) is 19.2 Å². The largest absolute Gasteiger partial charge is 0.493 e. The number of nitrogens with zero attached hydrogens (tertiary/aromatic N) is 2. The molecule has 1 saturated heterocycles. The zero-order valence-corrected chi connectivity index (χ0v) is 27.6. The molecule has 5 rings (SSSR count). The highest BCUT2D eigenvalue weighted by Gasteiger charge is 2.31. The molecule has 0 aromatic heterocycles. The predicted octanol–water partition coefficient (Wildman–Crippen LogP) is 2.87. The van der Waals surface area contributed by atoms with Crippen LogP contribution in [0.4, 0.5) is 0 Å². The highest BCUT2D eigenvalue weighted by Crippen LogP contribution is 2.42.